The molecule has 2 aromatic heterocycles. The second-order valence-electron chi connectivity index (χ2n) is 7.63. The van der Waals surface area contributed by atoms with Gasteiger partial charge < -0.3 is 4.74 Å². The monoisotopic (exact) mass is 452 g/mol. The first kappa shape index (κ1) is 20.9. The maximum atomic E-state index is 6.04. The van der Waals surface area contributed by atoms with Crippen LogP contribution in [0.1, 0.15) is 16.8 Å². The van der Waals surface area contributed by atoms with Crippen LogP contribution in [-0.4, -0.2) is 20.0 Å². The molecule has 0 aliphatic carbocycles. The SMILES string of the molecule is Clc1ccc(C=C(Cn2ccnn2)c2ccc(OCc3ccc4ccccc4n3)cc2)cc1. The van der Waals surface area contributed by atoms with Gasteiger partial charge in [0.15, 0.2) is 0 Å². The summed E-state index contributed by atoms with van der Waals surface area (Å²) in [5, 5.41) is 9.87. The molecule has 0 spiro atoms. The van der Waals surface area contributed by atoms with Crippen LogP contribution < -0.4 is 4.74 Å². The van der Waals surface area contributed by atoms with Crippen molar-refractivity contribution < 1.29 is 4.74 Å². The van der Waals surface area contributed by atoms with Crippen molar-refractivity contribution >= 4 is 34.2 Å². The van der Waals surface area contributed by atoms with Crippen molar-refractivity contribution in [2.24, 2.45) is 0 Å². The highest BCUT2D eigenvalue weighted by Gasteiger charge is 2.06. The molecule has 2 heterocycles. The van der Waals surface area contributed by atoms with E-state index in [0.717, 1.165) is 39.0 Å². The van der Waals surface area contributed by atoms with Crippen LogP contribution in [0.15, 0.2) is 97.3 Å². The zero-order valence-electron chi connectivity index (χ0n) is 17.8. The second kappa shape index (κ2) is 9.67. The van der Waals surface area contributed by atoms with Gasteiger partial charge in [-0.1, -0.05) is 65.3 Å². The lowest BCUT2D eigenvalue weighted by Crippen LogP contribution is -2.02. The molecule has 0 aliphatic heterocycles. The van der Waals surface area contributed by atoms with E-state index in [1.807, 2.05) is 66.9 Å². The number of nitrogens with zero attached hydrogens (tertiary/aromatic N) is 4. The zero-order chi connectivity index (χ0) is 22.5. The average molecular weight is 453 g/mol. The summed E-state index contributed by atoms with van der Waals surface area (Å²) < 4.78 is 7.79. The van der Waals surface area contributed by atoms with Crippen LogP contribution >= 0.6 is 11.6 Å². The lowest BCUT2D eigenvalue weighted by Gasteiger charge is -2.11. The van der Waals surface area contributed by atoms with E-state index in [-0.39, 0.29) is 0 Å². The molecule has 33 heavy (non-hydrogen) atoms. The Balaban J connectivity index is 1.34. The fraction of sp³-hybridized carbons (Fsp3) is 0.0741. The van der Waals surface area contributed by atoms with Gasteiger partial charge in [-0.25, -0.2) is 9.67 Å². The molecule has 6 heteroatoms. The van der Waals surface area contributed by atoms with Crippen LogP contribution in [0.4, 0.5) is 0 Å². The quantitative estimate of drug-likeness (QED) is 0.272. The maximum absolute atomic E-state index is 6.04. The number of hydrogen-bond acceptors (Lipinski definition) is 4. The number of aromatic nitrogens is 4. The molecular formula is C27H21ClN4O. The Morgan fingerprint density at radius 2 is 1.73 bits per heavy atom. The maximum Gasteiger partial charge on any atom is 0.130 e. The van der Waals surface area contributed by atoms with Crippen molar-refractivity contribution in [1.82, 2.24) is 20.0 Å². The Bertz CT molecular complexity index is 1380. The predicted molar refractivity (Wildman–Crippen MR) is 132 cm³/mol. The van der Waals surface area contributed by atoms with Crippen molar-refractivity contribution in [3.05, 3.63) is 119 Å². The summed E-state index contributed by atoms with van der Waals surface area (Å²) in [6.45, 7) is 1.01. The first-order valence-electron chi connectivity index (χ1n) is 10.6. The van der Waals surface area contributed by atoms with Gasteiger partial charge in [0.05, 0.1) is 24.0 Å². The van der Waals surface area contributed by atoms with E-state index in [0.29, 0.717) is 18.2 Å². The molecule has 3 aromatic carbocycles. The molecule has 0 amide bonds. The van der Waals surface area contributed by atoms with Crippen molar-refractivity contribution in [2.75, 3.05) is 0 Å². The van der Waals surface area contributed by atoms with Gasteiger partial charge in [-0.2, -0.15) is 0 Å². The molecular weight excluding hydrogens is 432 g/mol. The van der Waals surface area contributed by atoms with Gasteiger partial charge in [-0.05, 0) is 59.2 Å². The normalized spacial score (nSPS) is 11.6. The lowest BCUT2D eigenvalue weighted by molar-refractivity contribution is 0.302. The summed E-state index contributed by atoms with van der Waals surface area (Å²) in [4.78, 5) is 4.67. The number of rotatable bonds is 7. The predicted octanol–water partition coefficient (Wildman–Crippen LogP) is 6.30. The molecule has 0 unspecified atom stereocenters. The van der Waals surface area contributed by atoms with Crippen LogP contribution in [0, 0.1) is 0 Å². The molecule has 0 atom stereocenters. The summed E-state index contributed by atoms with van der Waals surface area (Å²) >= 11 is 6.04. The number of halogens is 1. The molecule has 0 bridgehead atoms. The first-order valence-corrected chi connectivity index (χ1v) is 11.0. The summed E-state index contributed by atoms with van der Waals surface area (Å²) in [5.74, 6) is 0.792. The summed E-state index contributed by atoms with van der Waals surface area (Å²) in [5.41, 5.74) is 5.12. The van der Waals surface area contributed by atoms with Gasteiger partial charge in [0.25, 0.3) is 0 Å². The third-order valence-corrected chi connectivity index (χ3v) is 5.54. The molecule has 0 N–H and O–H groups in total. The Kier molecular flexibility index (Phi) is 6.13. The zero-order valence-corrected chi connectivity index (χ0v) is 18.6. The third kappa shape index (κ3) is 5.27. The van der Waals surface area contributed by atoms with Crippen molar-refractivity contribution in [2.45, 2.75) is 13.2 Å². The Hall–Kier alpha value is -3.96. The summed E-state index contributed by atoms with van der Waals surface area (Å²) in [7, 11) is 0. The van der Waals surface area contributed by atoms with E-state index in [1.165, 1.54) is 0 Å². The first-order chi connectivity index (χ1) is 16.2. The van der Waals surface area contributed by atoms with Crippen LogP contribution in [0.25, 0.3) is 22.6 Å². The lowest BCUT2D eigenvalue weighted by atomic mass is 10.0. The molecule has 5 rings (SSSR count). The third-order valence-electron chi connectivity index (χ3n) is 5.28. The van der Waals surface area contributed by atoms with Crippen LogP contribution in [0.3, 0.4) is 0 Å². The van der Waals surface area contributed by atoms with Gasteiger partial charge in [-0.15, -0.1) is 5.10 Å². The van der Waals surface area contributed by atoms with Gasteiger partial charge in [-0.3, -0.25) is 0 Å². The van der Waals surface area contributed by atoms with E-state index in [9.17, 15) is 0 Å². The number of para-hydroxylation sites is 1. The number of benzene rings is 3. The van der Waals surface area contributed by atoms with Crippen LogP contribution in [0.5, 0.6) is 5.75 Å². The molecule has 5 aromatic rings. The Labute approximate surface area is 196 Å². The van der Waals surface area contributed by atoms with E-state index in [2.05, 4.69) is 45.6 Å². The van der Waals surface area contributed by atoms with Gasteiger partial charge in [0, 0.05) is 16.6 Å². The molecule has 0 saturated heterocycles. The summed E-state index contributed by atoms with van der Waals surface area (Å²) in [6.07, 6.45) is 5.66. The van der Waals surface area contributed by atoms with E-state index in [4.69, 9.17) is 16.3 Å². The fourth-order valence-electron chi connectivity index (χ4n) is 3.58. The van der Waals surface area contributed by atoms with Crippen LogP contribution in [-0.2, 0) is 13.2 Å². The molecule has 162 valence electrons. The molecule has 0 fully saturated rings. The highest BCUT2D eigenvalue weighted by Crippen LogP contribution is 2.24. The van der Waals surface area contributed by atoms with Gasteiger partial charge in [0.1, 0.15) is 12.4 Å². The second-order valence-corrected chi connectivity index (χ2v) is 8.07. The standard InChI is InChI=1S/C27H21ClN4O/c28-24-10-5-20(6-11-24)17-23(18-32-16-15-29-31-32)21-8-13-26(14-9-21)33-19-25-12-7-22-3-1-2-4-27(22)30-25/h1-17H,18-19H2. The van der Waals surface area contributed by atoms with Crippen LogP contribution in [0.2, 0.25) is 5.02 Å². The summed E-state index contributed by atoms with van der Waals surface area (Å²) in [6, 6.07) is 28.0. The number of ether oxygens (including phenoxy) is 1. The Morgan fingerprint density at radius 1 is 0.909 bits per heavy atom. The minimum Gasteiger partial charge on any atom is -0.487 e. The molecule has 0 radical (unpaired) electrons. The number of hydrogen-bond donors (Lipinski definition) is 0. The van der Waals surface area contributed by atoms with Gasteiger partial charge >= 0.3 is 0 Å². The number of allylic oxidation sites excluding steroid dienone is 1. The smallest absolute Gasteiger partial charge is 0.130 e. The van der Waals surface area contributed by atoms with Crippen molar-refractivity contribution in [3.8, 4) is 5.75 Å². The van der Waals surface area contributed by atoms with E-state index in [1.54, 1.807) is 10.9 Å². The minimum atomic E-state index is 0.413. The van der Waals surface area contributed by atoms with Crippen molar-refractivity contribution in [3.63, 3.8) is 0 Å². The highest BCUT2D eigenvalue weighted by molar-refractivity contribution is 6.30. The highest BCUT2D eigenvalue weighted by atomic mass is 35.5. The molecule has 0 aliphatic rings. The Morgan fingerprint density at radius 3 is 2.52 bits per heavy atom. The molecule has 0 saturated carbocycles. The minimum absolute atomic E-state index is 0.413. The van der Waals surface area contributed by atoms with Crippen molar-refractivity contribution in [1.29, 1.82) is 0 Å². The molecule has 5 nitrogen and oxygen atoms in total. The fourth-order valence-corrected chi connectivity index (χ4v) is 3.71. The topological polar surface area (TPSA) is 52.8 Å². The number of pyridine rings is 1. The average Bonchev–Trinajstić information content (AvgIpc) is 3.37. The van der Waals surface area contributed by atoms with Gasteiger partial charge in [0.2, 0.25) is 0 Å². The number of fused-ring (bicyclic) bond motifs is 1. The van der Waals surface area contributed by atoms with E-state index >= 15 is 0 Å². The largest absolute Gasteiger partial charge is 0.487 e. The van der Waals surface area contributed by atoms with E-state index < -0.39 is 0 Å².